The fourth-order valence-corrected chi connectivity index (χ4v) is 3.81. The lowest BCUT2D eigenvalue weighted by Crippen LogP contribution is -2.36. The van der Waals surface area contributed by atoms with Crippen LogP contribution in [0.15, 0.2) is 48.8 Å². The number of nitrogens with one attached hydrogen (secondary N) is 2. The molecular formula is C23H24F3N5O. The third kappa shape index (κ3) is 4.46. The summed E-state index contributed by atoms with van der Waals surface area (Å²) in [4.78, 5) is 17.0. The lowest BCUT2D eigenvalue weighted by molar-refractivity contribution is -0.173. The molecule has 6 nitrogen and oxygen atoms in total. The maximum absolute atomic E-state index is 13.8. The molecule has 0 unspecified atom stereocenters. The van der Waals surface area contributed by atoms with Crippen LogP contribution in [-0.4, -0.2) is 26.8 Å². The molecule has 2 N–H and O–H groups in total. The van der Waals surface area contributed by atoms with Gasteiger partial charge in [0.05, 0.1) is 12.2 Å². The van der Waals surface area contributed by atoms with Gasteiger partial charge in [0.25, 0.3) is 5.91 Å². The molecule has 2 atom stereocenters. The Hall–Kier alpha value is -3.36. The van der Waals surface area contributed by atoms with Gasteiger partial charge in [-0.2, -0.15) is 18.3 Å². The van der Waals surface area contributed by atoms with Crippen molar-refractivity contribution in [3.05, 3.63) is 76.7 Å². The fraction of sp³-hybridized carbons (Fsp3) is 0.348. The molecule has 0 fully saturated rings. The first-order chi connectivity index (χ1) is 15.3. The van der Waals surface area contributed by atoms with Crippen LogP contribution in [0.5, 0.6) is 0 Å². The predicted molar refractivity (Wildman–Crippen MR) is 114 cm³/mol. The number of hydrogen-bond acceptors (Lipinski definition) is 4. The number of aromatic nitrogens is 3. The number of halogens is 3. The van der Waals surface area contributed by atoms with Crippen molar-refractivity contribution in [2.75, 3.05) is 5.32 Å². The molecule has 0 spiro atoms. The number of benzene rings is 1. The average molecular weight is 443 g/mol. The molecule has 1 aliphatic heterocycles. The minimum Gasteiger partial charge on any atom is -0.363 e. The van der Waals surface area contributed by atoms with Gasteiger partial charge in [0, 0.05) is 24.9 Å². The Morgan fingerprint density at radius 1 is 1.16 bits per heavy atom. The molecule has 9 heteroatoms. The van der Waals surface area contributed by atoms with Crippen LogP contribution < -0.4 is 10.6 Å². The van der Waals surface area contributed by atoms with Crippen LogP contribution in [0, 0.1) is 6.92 Å². The van der Waals surface area contributed by atoms with Crippen molar-refractivity contribution in [2.24, 2.45) is 0 Å². The summed E-state index contributed by atoms with van der Waals surface area (Å²) in [6.45, 7) is 4.08. The summed E-state index contributed by atoms with van der Waals surface area (Å²) in [7, 11) is 0. The Morgan fingerprint density at radius 2 is 1.88 bits per heavy atom. The van der Waals surface area contributed by atoms with Gasteiger partial charge in [0.1, 0.15) is 11.4 Å². The number of amides is 1. The average Bonchev–Trinajstić information content (AvgIpc) is 3.21. The number of pyridine rings is 1. The van der Waals surface area contributed by atoms with Crippen LogP contribution in [0.4, 0.5) is 19.0 Å². The highest BCUT2D eigenvalue weighted by Crippen LogP contribution is 2.44. The van der Waals surface area contributed by atoms with Crippen LogP contribution in [0.3, 0.4) is 0 Å². The maximum atomic E-state index is 13.8. The lowest BCUT2D eigenvalue weighted by Gasteiger charge is -2.34. The van der Waals surface area contributed by atoms with Crippen molar-refractivity contribution >= 4 is 11.7 Å². The molecule has 0 saturated heterocycles. The van der Waals surface area contributed by atoms with E-state index in [2.05, 4.69) is 20.7 Å². The fourth-order valence-electron chi connectivity index (χ4n) is 3.81. The molecule has 0 radical (unpaired) electrons. The molecule has 3 aromatic rings. The van der Waals surface area contributed by atoms with Gasteiger partial charge in [-0.3, -0.25) is 9.78 Å². The third-order valence-electron chi connectivity index (χ3n) is 5.70. The monoisotopic (exact) mass is 443 g/mol. The van der Waals surface area contributed by atoms with E-state index in [4.69, 9.17) is 0 Å². The Morgan fingerprint density at radius 3 is 2.50 bits per heavy atom. The van der Waals surface area contributed by atoms with Crippen LogP contribution >= 0.6 is 0 Å². The van der Waals surface area contributed by atoms with Gasteiger partial charge < -0.3 is 10.6 Å². The summed E-state index contributed by atoms with van der Waals surface area (Å²) in [5, 5.41) is 9.76. The second-order valence-electron chi connectivity index (χ2n) is 7.93. The van der Waals surface area contributed by atoms with E-state index in [1.54, 1.807) is 6.20 Å². The van der Waals surface area contributed by atoms with Crippen LogP contribution in [0.2, 0.25) is 0 Å². The second-order valence-corrected chi connectivity index (χ2v) is 7.93. The lowest BCUT2D eigenvalue weighted by atomic mass is 9.95. The minimum atomic E-state index is -4.49. The van der Waals surface area contributed by atoms with E-state index in [0.29, 0.717) is 0 Å². The Balaban J connectivity index is 1.60. The van der Waals surface area contributed by atoms with Crippen molar-refractivity contribution in [1.82, 2.24) is 20.1 Å². The van der Waals surface area contributed by atoms with Crippen molar-refractivity contribution < 1.29 is 18.0 Å². The standard InChI is InChI=1S/C23H24F3N5O/c1-3-15-6-8-17(9-7-15)19-10-20(23(24,25)26)31-21(30-19)18(13-29-31)22(32)28-12-16-5-4-14(2)27-11-16/h4-9,11,13,19-20,30H,3,10,12H2,1-2H3,(H,28,32)/t19-,20+/m1/s1. The first kappa shape index (κ1) is 21.9. The number of aryl methyl sites for hydroxylation is 2. The minimum absolute atomic E-state index is 0.0719. The first-order valence-electron chi connectivity index (χ1n) is 10.5. The summed E-state index contributed by atoms with van der Waals surface area (Å²) in [6.07, 6.45) is -1.02. The molecule has 1 aromatic carbocycles. The highest BCUT2D eigenvalue weighted by atomic mass is 19.4. The van der Waals surface area contributed by atoms with Gasteiger partial charge in [0.2, 0.25) is 0 Å². The van der Waals surface area contributed by atoms with E-state index in [1.807, 2.05) is 50.2 Å². The molecule has 168 valence electrons. The summed E-state index contributed by atoms with van der Waals surface area (Å²) >= 11 is 0. The van der Waals surface area contributed by atoms with Gasteiger partial charge in [-0.05, 0) is 36.1 Å². The highest BCUT2D eigenvalue weighted by Gasteiger charge is 2.47. The van der Waals surface area contributed by atoms with Gasteiger partial charge in [-0.1, -0.05) is 37.3 Å². The number of fused-ring (bicyclic) bond motifs is 1. The van der Waals surface area contributed by atoms with E-state index >= 15 is 0 Å². The molecule has 0 saturated carbocycles. The Labute approximate surface area is 183 Å². The number of hydrogen-bond donors (Lipinski definition) is 2. The quantitative estimate of drug-likeness (QED) is 0.598. The Kier molecular flexibility index (Phi) is 5.90. The molecule has 3 heterocycles. The van der Waals surface area contributed by atoms with Crippen molar-refractivity contribution in [1.29, 1.82) is 0 Å². The summed E-state index contributed by atoms with van der Waals surface area (Å²) in [5.74, 6) is -0.426. The molecule has 2 aromatic heterocycles. The number of carbonyl (C=O) groups excluding carboxylic acids is 1. The topological polar surface area (TPSA) is 71.8 Å². The second kappa shape index (κ2) is 8.64. The van der Waals surface area contributed by atoms with Gasteiger partial charge in [-0.15, -0.1) is 0 Å². The number of carbonyl (C=O) groups is 1. The molecule has 1 amide bonds. The number of nitrogens with zero attached hydrogens (tertiary/aromatic N) is 3. The van der Waals surface area contributed by atoms with Crippen LogP contribution in [-0.2, 0) is 13.0 Å². The SMILES string of the molecule is CCc1ccc([C@H]2C[C@@H](C(F)(F)F)n3ncc(C(=O)NCc4ccc(C)nc4)c3N2)cc1. The molecule has 4 rings (SSSR count). The zero-order chi connectivity index (χ0) is 22.9. The zero-order valence-corrected chi connectivity index (χ0v) is 17.8. The maximum Gasteiger partial charge on any atom is 0.410 e. The zero-order valence-electron chi connectivity index (χ0n) is 17.8. The third-order valence-corrected chi connectivity index (χ3v) is 5.70. The van der Waals surface area contributed by atoms with Crippen LogP contribution in [0.25, 0.3) is 0 Å². The highest BCUT2D eigenvalue weighted by molar-refractivity contribution is 5.98. The van der Waals surface area contributed by atoms with Gasteiger partial charge in [-0.25, -0.2) is 4.68 Å². The molecule has 32 heavy (non-hydrogen) atoms. The number of alkyl halides is 3. The summed E-state index contributed by atoms with van der Waals surface area (Å²) < 4.78 is 42.4. The molecular weight excluding hydrogens is 419 g/mol. The molecule has 0 aliphatic carbocycles. The van der Waals surface area contributed by atoms with E-state index in [-0.39, 0.29) is 24.3 Å². The van der Waals surface area contributed by atoms with Crippen molar-refractivity contribution in [3.63, 3.8) is 0 Å². The summed E-state index contributed by atoms with van der Waals surface area (Å²) in [6, 6.07) is 8.74. The predicted octanol–water partition coefficient (Wildman–Crippen LogP) is 4.74. The molecule has 0 bridgehead atoms. The van der Waals surface area contributed by atoms with E-state index in [9.17, 15) is 18.0 Å². The van der Waals surface area contributed by atoms with E-state index in [0.717, 1.165) is 33.5 Å². The normalized spacial score (nSPS) is 18.0. The van der Waals surface area contributed by atoms with E-state index < -0.39 is 24.2 Å². The summed E-state index contributed by atoms with van der Waals surface area (Å²) in [5.41, 5.74) is 3.56. The van der Waals surface area contributed by atoms with E-state index in [1.165, 1.54) is 6.20 Å². The Bertz CT molecular complexity index is 1090. The smallest absolute Gasteiger partial charge is 0.363 e. The van der Waals surface area contributed by atoms with Gasteiger partial charge in [0.15, 0.2) is 6.04 Å². The van der Waals surface area contributed by atoms with Crippen LogP contribution in [0.1, 0.15) is 58.2 Å². The largest absolute Gasteiger partial charge is 0.410 e. The first-order valence-corrected chi connectivity index (χ1v) is 10.5. The molecule has 1 aliphatic rings. The number of anilines is 1. The van der Waals surface area contributed by atoms with Crippen molar-refractivity contribution in [3.8, 4) is 0 Å². The van der Waals surface area contributed by atoms with Crippen molar-refractivity contribution in [2.45, 2.75) is 51.5 Å². The number of rotatable bonds is 5. The van der Waals surface area contributed by atoms with Gasteiger partial charge >= 0.3 is 6.18 Å².